The maximum absolute atomic E-state index is 8.50. The van der Waals surface area contributed by atoms with Crippen LogP contribution in [0.25, 0.3) is 0 Å². The Bertz CT molecular complexity index is 149. The summed E-state index contributed by atoms with van der Waals surface area (Å²) in [5.74, 6) is 1.54. The highest BCUT2D eigenvalue weighted by atomic mass is 15.1. The summed E-state index contributed by atoms with van der Waals surface area (Å²) < 4.78 is 0. The molecule has 1 aliphatic rings. The number of hydrogen-bond acceptors (Lipinski definition) is 2. The molecule has 62 valence electrons. The smallest absolute Gasteiger partial charge is 0.0866 e. The fraction of sp³-hybridized carbons (Fsp3) is 0.889. The van der Waals surface area contributed by atoms with E-state index in [1.54, 1.807) is 0 Å². The van der Waals surface area contributed by atoms with Crippen LogP contribution in [0.4, 0.5) is 0 Å². The normalized spacial score (nSPS) is 33.2. The molecule has 2 heteroatoms. The molecule has 0 aromatic carbocycles. The van der Waals surface area contributed by atoms with E-state index in [-0.39, 0.29) is 0 Å². The number of rotatable bonds is 1. The molecule has 0 aliphatic carbocycles. The number of nitriles is 1. The van der Waals surface area contributed by atoms with E-state index in [9.17, 15) is 0 Å². The zero-order valence-electron chi connectivity index (χ0n) is 7.38. The quantitative estimate of drug-likeness (QED) is 0.532. The molecular formula is C9H16N2. The molecular weight excluding hydrogens is 136 g/mol. The van der Waals surface area contributed by atoms with E-state index in [1.807, 2.05) is 0 Å². The predicted molar refractivity (Wildman–Crippen MR) is 45.0 cm³/mol. The third-order valence-corrected chi connectivity index (χ3v) is 2.24. The second-order valence-electron chi connectivity index (χ2n) is 3.80. The van der Waals surface area contributed by atoms with Gasteiger partial charge in [-0.05, 0) is 18.3 Å². The molecule has 0 aromatic rings. The average molecular weight is 152 g/mol. The molecule has 0 spiro atoms. The predicted octanol–water partition coefficient (Wildman–Crippen LogP) is 1.49. The fourth-order valence-electron chi connectivity index (χ4n) is 2.02. The first-order valence-corrected chi connectivity index (χ1v) is 4.31. The molecule has 0 saturated carbocycles. The zero-order valence-corrected chi connectivity index (χ0v) is 7.38. The van der Waals surface area contributed by atoms with Crippen LogP contribution in [0.2, 0.25) is 0 Å². The van der Waals surface area contributed by atoms with Crippen molar-refractivity contribution in [2.24, 2.45) is 11.8 Å². The van der Waals surface area contributed by atoms with Gasteiger partial charge in [-0.15, -0.1) is 0 Å². The van der Waals surface area contributed by atoms with Crippen molar-refractivity contribution in [3.63, 3.8) is 0 Å². The van der Waals surface area contributed by atoms with Crippen molar-refractivity contribution in [3.8, 4) is 6.07 Å². The summed E-state index contributed by atoms with van der Waals surface area (Å²) in [6.07, 6.45) is 1.32. The van der Waals surface area contributed by atoms with Crippen LogP contribution in [0.5, 0.6) is 0 Å². The summed E-state index contributed by atoms with van der Waals surface area (Å²) >= 11 is 0. The summed E-state index contributed by atoms with van der Waals surface area (Å²) in [5, 5.41) is 8.50. The minimum Gasteiger partial charge on any atom is -0.290 e. The number of piperidine rings is 1. The van der Waals surface area contributed by atoms with Gasteiger partial charge < -0.3 is 0 Å². The Balaban J connectivity index is 2.38. The standard InChI is InChI=1S/C9H16N2/c1-8-5-9(2)7-11(6-8)4-3-10/h8-9H,4-7H2,1-2H3/t8-,9-/m1/s1. The highest BCUT2D eigenvalue weighted by molar-refractivity contribution is 4.82. The third-order valence-electron chi connectivity index (χ3n) is 2.24. The Labute approximate surface area is 68.8 Å². The Morgan fingerprint density at radius 2 is 1.91 bits per heavy atom. The lowest BCUT2D eigenvalue weighted by Gasteiger charge is -2.33. The van der Waals surface area contributed by atoms with Gasteiger partial charge in [0.1, 0.15) is 0 Å². The van der Waals surface area contributed by atoms with E-state index < -0.39 is 0 Å². The van der Waals surface area contributed by atoms with E-state index in [4.69, 9.17) is 5.26 Å². The summed E-state index contributed by atoms with van der Waals surface area (Å²) in [7, 11) is 0. The lowest BCUT2D eigenvalue weighted by atomic mass is 9.92. The second-order valence-corrected chi connectivity index (χ2v) is 3.80. The maximum Gasteiger partial charge on any atom is 0.0866 e. The maximum atomic E-state index is 8.50. The van der Waals surface area contributed by atoms with Gasteiger partial charge in [0.15, 0.2) is 0 Å². The molecule has 0 amide bonds. The number of hydrogen-bond donors (Lipinski definition) is 0. The van der Waals surface area contributed by atoms with E-state index >= 15 is 0 Å². The molecule has 2 nitrogen and oxygen atoms in total. The molecule has 1 rings (SSSR count). The van der Waals surface area contributed by atoms with Crippen LogP contribution < -0.4 is 0 Å². The van der Waals surface area contributed by atoms with Crippen molar-refractivity contribution in [2.75, 3.05) is 19.6 Å². The summed E-state index contributed by atoms with van der Waals surface area (Å²) in [6.45, 7) is 7.35. The van der Waals surface area contributed by atoms with Gasteiger partial charge in [0.2, 0.25) is 0 Å². The van der Waals surface area contributed by atoms with Crippen molar-refractivity contribution >= 4 is 0 Å². The Hall–Kier alpha value is -0.550. The lowest BCUT2D eigenvalue weighted by molar-refractivity contribution is 0.156. The highest BCUT2D eigenvalue weighted by Crippen LogP contribution is 2.19. The van der Waals surface area contributed by atoms with Gasteiger partial charge in [0.05, 0.1) is 12.6 Å². The Morgan fingerprint density at radius 3 is 2.36 bits per heavy atom. The number of nitrogens with zero attached hydrogens (tertiary/aromatic N) is 2. The van der Waals surface area contributed by atoms with Gasteiger partial charge in [0, 0.05) is 13.1 Å². The van der Waals surface area contributed by atoms with Crippen molar-refractivity contribution in [2.45, 2.75) is 20.3 Å². The fourth-order valence-corrected chi connectivity index (χ4v) is 2.02. The minimum atomic E-state index is 0.606. The van der Waals surface area contributed by atoms with Gasteiger partial charge in [-0.3, -0.25) is 4.90 Å². The van der Waals surface area contributed by atoms with Gasteiger partial charge in [-0.25, -0.2) is 0 Å². The summed E-state index contributed by atoms with van der Waals surface area (Å²) in [4.78, 5) is 2.25. The van der Waals surface area contributed by atoms with Crippen LogP contribution in [0, 0.1) is 23.2 Å². The highest BCUT2D eigenvalue weighted by Gasteiger charge is 2.20. The molecule has 0 bridgehead atoms. The third kappa shape index (κ3) is 2.51. The van der Waals surface area contributed by atoms with E-state index in [1.165, 1.54) is 6.42 Å². The lowest BCUT2D eigenvalue weighted by Crippen LogP contribution is -2.38. The molecule has 1 heterocycles. The van der Waals surface area contributed by atoms with Gasteiger partial charge in [0.25, 0.3) is 0 Å². The van der Waals surface area contributed by atoms with E-state index in [2.05, 4.69) is 24.8 Å². The van der Waals surface area contributed by atoms with Crippen LogP contribution in [-0.2, 0) is 0 Å². The topological polar surface area (TPSA) is 27.0 Å². The first kappa shape index (κ1) is 8.55. The van der Waals surface area contributed by atoms with Crippen molar-refractivity contribution in [1.82, 2.24) is 4.90 Å². The minimum absolute atomic E-state index is 0.606. The molecule has 0 radical (unpaired) electrons. The average Bonchev–Trinajstić information content (AvgIpc) is 1.85. The molecule has 11 heavy (non-hydrogen) atoms. The zero-order chi connectivity index (χ0) is 8.27. The largest absolute Gasteiger partial charge is 0.290 e. The Kier molecular flexibility index (Phi) is 2.90. The molecule has 0 unspecified atom stereocenters. The van der Waals surface area contributed by atoms with Crippen molar-refractivity contribution in [3.05, 3.63) is 0 Å². The van der Waals surface area contributed by atoms with E-state index in [0.717, 1.165) is 24.9 Å². The summed E-state index contributed by atoms with van der Waals surface area (Å²) in [5.41, 5.74) is 0. The van der Waals surface area contributed by atoms with Crippen molar-refractivity contribution in [1.29, 1.82) is 5.26 Å². The van der Waals surface area contributed by atoms with Gasteiger partial charge >= 0.3 is 0 Å². The molecule has 1 fully saturated rings. The van der Waals surface area contributed by atoms with Gasteiger partial charge in [-0.1, -0.05) is 13.8 Å². The molecule has 0 N–H and O–H groups in total. The second kappa shape index (κ2) is 3.73. The van der Waals surface area contributed by atoms with Crippen LogP contribution in [-0.4, -0.2) is 24.5 Å². The first-order valence-electron chi connectivity index (χ1n) is 4.31. The van der Waals surface area contributed by atoms with Crippen LogP contribution in [0.15, 0.2) is 0 Å². The van der Waals surface area contributed by atoms with Crippen LogP contribution >= 0.6 is 0 Å². The van der Waals surface area contributed by atoms with E-state index in [0.29, 0.717) is 6.54 Å². The molecule has 0 aromatic heterocycles. The monoisotopic (exact) mass is 152 g/mol. The SMILES string of the molecule is C[C@@H]1C[C@@H](C)CN(CC#N)C1. The van der Waals surface area contributed by atoms with Crippen LogP contribution in [0.3, 0.4) is 0 Å². The molecule has 1 aliphatic heterocycles. The number of likely N-dealkylation sites (tertiary alicyclic amines) is 1. The Morgan fingerprint density at radius 1 is 1.36 bits per heavy atom. The van der Waals surface area contributed by atoms with Gasteiger partial charge in [-0.2, -0.15) is 5.26 Å². The molecule has 2 atom stereocenters. The summed E-state index contributed by atoms with van der Waals surface area (Å²) in [6, 6.07) is 2.20. The van der Waals surface area contributed by atoms with Crippen molar-refractivity contribution < 1.29 is 0 Å². The molecule has 1 saturated heterocycles. The first-order chi connectivity index (χ1) is 5.22. The van der Waals surface area contributed by atoms with Crippen LogP contribution in [0.1, 0.15) is 20.3 Å².